The Kier molecular flexibility index (Phi) is 6.39. The van der Waals surface area contributed by atoms with Crippen LogP contribution in [0, 0.1) is 12.3 Å². The van der Waals surface area contributed by atoms with Gasteiger partial charge in [0.1, 0.15) is 5.75 Å². The van der Waals surface area contributed by atoms with Gasteiger partial charge in [-0.3, -0.25) is 9.59 Å². The molecule has 0 aromatic heterocycles. The molecular weight excluding hydrogens is 328 g/mol. The van der Waals surface area contributed by atoms with Crippen molar-refractivity contribution in [3.05, 3.63) is 54.1 Å². The predicted molar refractivity (Wildman–Crippen MR) is 104 cm³/mol. The van der Waals surface area contributed by atoms with Crippen molar-refractivity contribution in [3.63, 3.8) is 0 Å². The van der Waals surface area contributed by atoms with E-state index < -0.39 is 5.41 Å². The van der Waals surface area contributed by atoms with Crippen molar-refractivity contribution in [3.8, 4) is 5.75 Å². The van der Waals surface area contributed by atoms with Gasteiger partial charge in [0.2, 0.25) is 11.8 Å². The highest BCUT2D eigenvalue weighted by Crippen LogP contribution is 2.27. The zero-order chi connectivity index (χ0) is 19.2. The van der Waals surface area contributed by atoms with Crippen LogP contribution in [0.25, 0.3) is 0 Å². The minimum Gasteiger partial charge on any atom is -0.497 e. The highest BCUT2D eigenvalue weighted by molar-refractivity contribution is 5.93. The average molecular weight is 354 g/mol. The van der Waals surface area contributed by atoms with Crippen molar-refractivity contribution in [1.82, 2.24) is 0 Å². The number of anilines is 2. The number of aryl methyl sites for hydroxylation is 1. The molecule has 0 aliphatic carbocycles. The molecule has 0 atom stereocenters. The summed E-state index contributed by atoms with van der Waals surface area (Å²) in [5, 5.41) is 5.73. The quantitative estimate of drug-likeness (QED) is 0.775. The van der Waals surface area contributed by atoms with Crippen LogP contribution < -0.4 is 15.4 Å². The topological polar surface area (TPSA) is 67.4 Å². The van der Waals surface area contributed by atoms with Crippen LogP contribution in [-0.4, -0.2) is 18.9 Å². The first-order valence-corrected chi connectivity index (χ1v) is 8.58. The summed E-state index contributed by atoms with van der Waals surface area (Å²) >= 11 is 0. The van der Waals surface area contributed by atoms with E-state index in [-0.39, 0.29) is 24.7 Å². The highest BCUT2D eigenvalue weighted by atomic mass is 16.5. The van der Waals surface area contributed by atoms with Crippen molar-refractivity contribution >= 4 is 23.2 Å². The molecule has 5 heteroatoms. The zero-order valence-corrected chi connectivity index (χ0v) is 15.8. The monoisotopic (exact) mass is 354 g/mol. The summed E-state index contributed by atoms with van der Waals surface area (Å²) in [7, 11) is 1.60. The van der Waals surface area contributed by atoms with E-state index >= 15 is 0 Å². The molecule has 0 unspecified atom stereocenters. The van der Waals surface area contributed by atoms with E-state index in [4.69, 9.17) is 4.74 Å². The average Bonchev–Trinajstić information content (AvgIpc) is 2.56. The van der Waals surface area contributed by atoms with Crippen LogP contribution in [0.5, 0.6) is 5.75 Å². The van der Waals surface area contributed by atoms with Crippen LogP contribution in [0.1, 0.15) is 32.3 Å². The van der Waals surface area contributed by atoms with Gasteiger partial charge in [-0.25, -0.2) is 0 Å². The number of rotatable bonds is 7. The molecule has 26 heavy (non-hydrogen) atoms. The molecule has 0 spiro atoms. The third-order valence-electron chi connectivity index (χ3n) is 3.99. The van der Waals surface area contributed by atoms with E-state index in [1.807, 2.05) is 45.0 Å². The van der Waals surface area contributed by atoms with Crippen LogP contribution in [0.3, 0.4) is 0 Å². The van der Waals surface area contributed by atoms with Gasteiger partial charge in [-0.2, -0.15) is 0 Å². The van der Waals surface area contributed by atoms with Gasteiger partial charge in [0.05, 0.1) is 7.11 Å². The molecule has 0 saturated heterocycles. The molecule has 2 rings (SSSR count). The fourth-order valence-corrected chi connectivity index (χ4v) is 2.65. The normalized spacial score (nSPS) is 10.9. The summed E-state index contributed by atoms with van der Waals surface area (Å²) in [5.74, 6) is 0.510. The molecule has 0 radical (unpaired) electrons. The first kappa shape index (κ1) is 19.5. The number of hydrogen-bond donors (Lipinski definition) is 2. The summed E-state index contributed by atoms with van der Waals surface area (Å²) in [6.07, 6.45) is 0.511. The van der Waals surface area contributed by atoms with Crippen molar-refractivity contribution in [2.24, 2.45) is 5.41 Å². The fourth-order valence-electron chi connectivity index (χ4n) is 2.65. The minimum absolute atomic E-state index is 0.101. The Balaban J connectivity index is 1.86. The summed E-state index contributed by atoms with van der Waals surface area (Å²) in [5.41, 5.74) is 2.15. The Morgan fingerprint density at radius 1 is 0.846 bits per heavy atom. The molecule has 2 aromatic rings. The number of nitrogens with one attached hydrogen (secondary N) is 2. The molecule has 138 valence electrons. The van der Waals surface area contributed by atoms with E-state index in [0.29, 0.717) is 5.69 Å². The van der Waals surface area contributed by atoms with Crippen molar-refractivity contribution in [2.45, 2.75) is 33.6 Å². The largest absolute Gasteiger partial charge is 0.497 e. The van der Waals surface area contributed by atoms with Crippen LogP contribution in [-0.2, 0) is 9.59 Å². The SMILES string of the molecule is COc1ccc(NC(=O)CC(C)(C)CC(=O)Nc2ccc(C)cc2)cc1. The number of amides is 2. The third-order valence-corrected chi connectivity index (χ3v) is 3.99. The van der Waals surface area contributed by atoms with Gasteiger partial charge in [-0.1, -0.05) is 31.5 Å². The standard InChI is InChI=1S/C21H26N2O3/c1-15-5-7-16(8-6-15)22-19(24)13-21(2,3)14-20(25)23-17-9-11-18(26-4)12-10-17/h5-12H,13-14H2,1-4H3,(H,22,24)(H,23,25). The Hall–Kier alpha value is -2.82. The molecule has 2 N–H and O–H groups in total. The fraction of sp³-hybridized carbons (Fsp3) is 0.333. The Morgan fingerprint density at radius 3 is 1.69 bits per heavy atom. The molecule has 0 heterocycles. The van der Waals surface area contributed by atoms with Gasteiger partial charge in [0, 0.05) is 24.2 Å². The van der Waals surface area contributed by atoms with Crippen LogP contribution in [0.2, 0.25) is 0 Å². The Labute approximate surface area is 154 Å². The summed E-state index contributed by atoms with van der Waals surface area (Å²) in [4.78, 5) is 24.6. The summed E-state index contributed by atoms with van der Waals surface area (Å²) in [6.45, 7) is 5.82. The number of carbonyl (C=O) groups excluding carboxylic acids is 2. The lowest BCUT2D eigenvalue weighted by molar-refractivity contribution is -0.120. The molecule has 0 saturated carbocycles. The number of ether oxygens (including phenoxy) is 1. The zero-order valence-electron chi connectivity index (χ0n) is 15.8. The molecule has 5 nitrogen and oxygen atoms in total. The van der Waals surface area contributed by atoms with Crippen LogP contribution in [0.4, 0.5) is 11.4 Å². The molecule has 0 aliphatic heterocycles. The summed E-state index contributed by atoms with van der Waals surface area (Å²) < 4.78 is 5.10. The predicted octanol–water partition coefficient (Wildman–Crippen LogP) is 4.39. The highest BCUT2D eigenvalue weighted by Gasteiger charge is 2.25. The molecule has 2 amide bonds. The molecule has 2 aromatic carbocycles. The van der Waals surface area contributed by atoms with Gasteiger partial charge in [-0.05, 0) is 48.7 Å². The second-order valence-corrected chi connectivity index (χ2v) is 7.21. The van der Waals surface area contributed by atoms with Crippen molar-refractivity contribution in [2.75, 3.05) is 17.7 Å². The van der Waals surface area contributed by atoms with E-state index in [1.165, 1.54) is 0 Å². The Morgan fingerprint density at radius 2 is 1.27 bits per heavy atom. The van der Waals surface area contributed by atoms with Gasteiger partial charge < -0.3 is 15.4 Å². The molecular formula is C21H26N2O3. The lowest BCUT2D eigenvalue weighted by Gasteiger charge is -2.23. The van der Waals surface area contributed by atoms with Crippen molar-refractivity contribution < 1.29 is 14.3 Å². The number of hydrogen-bond acceptors (Lipinski definition) is 3. The van der Waals surface area contributed by atoms with E-state index in [2.05, 4.69) is 10.6 Å². The first-order chi connectivity index (χ1) is 12.3. The second kappa shape index (κ2) is 8.52. The van der Waals surface area contributed by atoms with Crippen molar-refractivity contribution in [1.29, 1.82) is 0 Å². The van der Waals surface area contributed by atoms with Crippen LogP contribution in [0.15, 0.2) is 48.5 Å². The number of methoxy groups -OCH3 is 1. The van der Waals surface area contributed by atoms with Gasteiger partial charge in [0.25, 0.3) is 0 Å². The maximum Gasteiger partial charge on any atom is 0.224 e. The molecule has 0 bridgehead atoms. The second-order valence-electron chi connectivity index (χ2n) is 7.21. The van der Waals surface area contributed by atoms with Gasteiger partial charge in [-0.15, -0.1) is 0 Å². The van der Waals surface area contributed by atoms with E-state index in [0.717, 1.165) is 17.0 Å². The van der Waals surface area contributed by atoms with E-state index in [1.54, 1.807) is 31.4 Å². The van der Waals surface area contributed by atoms with Gasteiger partial charge in [0.15, 0.2) is 0 Å². The Bertz CT molecular complexity index is 750. The number of carbonyl (C=O) groups is 2. The number of benzene rings is 2. The first-order valence-electron chi connectivity index (χ1n) is 8.58. The third kappa shape index (κ3) is 6.24. The maximum atomic E-state index is 12.3. The lowest BCUT2D eigenvalue weighted by atomic mass is 9.85. The lowest BCUT2D eigenvalue weighted by Crippen LogP contribution is -2.27. The molecule has 0 fully saturated rings. The maximum absolute atomic E-state index is 12.3. The summed E-state index contributed by atoms with van der Waals surface area (Å²) in [6, 6.07) is 14.8. The van der Waals surface area contributed by atoms with E-state index in [9.17, 15) is 9.59 Å². The molecule has 0 aliphatic rings. The smallest absolute Gasteiger partial charge is 0.224 e. The minimum atomic E-state index is -0.453. The van der Waals surface area contributed by atoms with Crippen LogP contribution >= 0.6 is 0 Å². The van der Waals surface area contributed by atoms with Gasteiger partial charge >= 0.3 is 0 Å².